The lowest BCUT2D eigenvalue weighted by Crippen LogP contribution is -2.41. The zero-order valence-electron chi connectivity index (χ0n) is 11.7. The van der Waals surface area contributed by atoms with Gasteiger partial charge in [-0.1, -0.05) is 0 Å². The zero-order chi connectivity index (χ0) is 14.6. The average molecular weight is 306 g/mol. The number of likely N-dealkylation sites (tertiary alicyclic amines) is 1. The van der Waals surface area contributed by atoms with E-state index in [2.05, 4.69) is 28.6 Å². The normalized spacial score (nSPS) is 18.6. The van der Waals surface area contributed by atoms with Gasteiger partial charge in [0.25, 0.3) is 0 Å². The van der Waals surface area contributed by atoms with E-state index >= 15 is 0 Å². The summed E-state index contributed by atoms with van der Waals surface area (Å²) in [6.45, 7) is 5.72. The Labute approximate surface area is 122 Å². The highest BCUT2D eigenvalue weighted by molar-refractivity contribution is 7.10. The minimum Gasteiger partial charge on any atom is -0.311 e. The first kappa shape index (κ1) is 15.8. The number of aryl methyl sites for hydroxylation is 1. The predicted octanol–water partition coefficient (Wildman–Crippen LogP) is 3.42. The van der Waals surface area contributed by atoms with Gasteiger partial charge >= 0.3 is 6.18 Å². The van der Waals surface area contributed by atoms with E-state index in [9.17, 15) is 13.2 Å². The SMILES string of the molecule is Cc1ccsc1CNCCN1CCC(C(F)(F)F)CC1. The number of alkyl halides is 3. The Balaban J connectivity index is 1.61. The third-order valence-electron chi connectivity index (χ3n) is 3.91. The van der Waals surface area contributed by atoms with Gasteiger partial charge < -0.3 is 10.2 Å². The average Bonchev–Trinajstić information content (AvgIpc) is 2.80. The Morgan fingerprint density at radius 2 is 2.05 bits per heavy atom. The van der Waals surface area contributed by atoms with Gasteiger partial charge in [0.05, 0.1) is 5.92 Å². The fourth-order valence-corrected chi connectivity index (χ4v) is 3.38. The molecule has 6 heteroatoms. The topological polar surface area (TPSA) is 15.3 Å². The summed E-state index contributed by atoms with van der Waals surface area (Å²) >= 11 is 1.74. The lowest BCUT2D eigenvalue weighted by atomic mass is 9.96. The van der Waals surface area contributed by atoms with Crippen LogP contribution in [0.3, 0.4) is 0 Å². The van der Waals surface area contributed by atoms with Crippen molar-refractivity contribution in [1.82, 2.24) is 10.2 Å². The Bertz CT molecular complexity index is 409. The molecule has 0 spiro atoms. The number of nitrogens with one attached hydrogen (secondary N) is 1. The first-order chi connectivity index (χ1) is 9.47. The van der Waals surface area contributed by atoms with E-state index in [1.54, 1.807) is 11.3 Å². The summed E-state index contributed by atoms with van der Waals surface area (Å²) in [5.74, 6) is -1.10. The standard InChI is InChI=1S/C14H21F3N2S/c1-11-4-9-20-13(11)10-18-5-8-19-6-2-12(3-7-19)14(15,16)17/h4,9,12,18H,2-3,5-8,10H2,1H3. The number of rotatable bonds is 5. The highest BCUT2D eigenvalue weighted by Gasteiger charge is 2.40. The van der Waals surface area contributed by atoms with Crippen molar-refractivity contribution < 1.29 is 13.2 Å². The Kier molecular flexibility index (Phi) is 5.46. The van der Waals surface area contributed by atoms with Crippen molar-refractivity contribution in [1.29, 1.82) is 0 Å². The first-order valence-electron chi connectivity index (χ1n) is 6.99. The van der Waals surface area contributed by atoms with E-state index < -0.39 is 12.1 Å². The molecule has 0 saturated carbocycles. The van der Waals surface area contributed by atoms with Crippen LogP contribution >= 0.6 is 11.3 Å². The molecule has 2 nitrogen and oxygen atoms in total. The van der Waals surface area contributed by atoms with Gasteiger partial charge in [0.1, 0.15) is 0 Å². The minimum absolute atomic E-state index is 0.244. The third-order valence-corrected chi connectivity index (χ3v) is 4.93. The van der Waals surface area contributed by atoms with Crippen molar-refractivity contribution in [3.05, 3.63) is 21.9 Å². The Morgan fingerprint density at radius 3 is 2.60 bits per heavy atom. The number of piperidine rings is 1. The smallest absolute Gasteiger partial charge is 0.311 e. The molecule has 1 N–H and O–H groups in total. The first-order valence-corrected chi connectivity index (χ1v) is 7.87. The molecule has 0 radical (unpaired) electrons. The summed E-state index contributed by atoms with van der Waals surface area (Å²) in [7, 11) is 0. The highest BCUT2D eigenvalue weighted by atomic mass is 32.1. The fourth-order valence-electron chi connectivity index (χ4n) is 2.51. The highest BCUT2D eigenvalue weighted by Crippen LogP contribution is 2.33. The molecule has 1 aromatic heterocycles. The van der Waals surface area contributed by atoms with Gasteiger partial charge in [0.2, 0.25) is 0 Å². The predicted molar refractivity (Wildman–Crippen MR) is 76.0 cm³/mol. The molecule has 0 amide bonds. The van der Waals surface area contributed by atoms with Crippen molar-refractivity contribution in [2.45, 2.75) is 32.5 Å². The fraction of sp³-hybridized carbons (Fsp3) is 0.714. The molecule has 114 valence electrons. The van der Waals surface area contributed by atoms with E-state index in [1.807, 2.05) is 0 Å². The molecule has 0 aromatic carbocycles. The molecule has 0 unspecified atom stereocenters. The molecule has 1 fully saturated rings. The maximum atomic E-state index is 12.5. The summed E-state index contributed by atoms with van der Waals surface area (Å²) in [6.07, 6.45) is -3.53. The number of hydrogen-bond donors (Lipinski definition) is 1. The van der Waals surface area contributed by atoms with E-state index in [1.165, 1.54) is 10.4 Å². The molecule has 0 atom stereocenters. The molecular weight excluding hydrogens is 285 g/mol. The summed E-state index contributed by atoms with van der Waals surface area (Å²) in [4.78, 5) is 3.46. The van der Waals surface area contributed by atoms with Crippen LogP contribution in [0.5, 0.6) is 0 Å². The molecule has 20 heavy (non-hydrogen) atoms. The Hall–Kier alpha value is -0.590. The third kappa shape index (κ3) is 4.46. The van der Waals surface area contributed by atoms with Gasteiger partial charge in [0.15, 0.2) is 0 Å². The molecule has 2 rings (SSSR count). The number of nitrogens with zero attached hydrogens (tertiary/aromatic N) is 1. The van der Waals surface area contributed by atoms with Crippen molar-refractivity contribution in [3.8, 4) is 0 Å². The zero-order valence-corrected chi connectivity index (χ0v) is 12.5. The van der Waals surface area contributed by atoms with Crippen LogP contribution in [0.25, 0.3) is 0 Å². The molecule has 2 heterocycles. The summed E-state index contributed by atoms with van der Waals surface area (Å²) in [5, 5.41) is 5.44. The van der Waals surface area contributed by atoms with E-state index in [0.717, 1.165) is 19.6 Å². The van der Waals surface area contributed by atoms with Gasteiger partial charge in [-0.25, -0.2) is 0 Å². The maximum Gasteiger partial charge on any atom is 0.391 e. The van der Waals surface area contributed by atoms with Crippen LogP contribution in [0.15, 0.2) is 11.4 Å². The number of halogens is 3. The largest absolute Gasteiger partial charge is 0.391 e. The van der Waals surface area contributed by atoms with Crippen LogP contribution in [0, 0.1) is 12.8 Å². The molecule has 1 aromatic rings. The van der Waals surface area contributed by atoms with E-state index in [0.29, 0.717) is 13.1 Å². The van der Waals surface area contributed by atoms with E-state index in [4.69, 9.17) is 0 Å². The van der Waals surface area contributed by atoms with Gasteiger partial charge in [-0.15, -0.1) is 11.3 Å². The van der Waals surface area contributed by atoms with Crippen molar-refractivity contribution in [3.63, 3.8) is 0 Å². The second-order valence-electron chi connectivity index (χ2n) is 5.36. The summed E-state index contributed by atoms with van der Waals surface area (Å²) in [6, 6.07) is 2.10. The quantitative estimate of drug-likeness (QED) is 0.839. The van der Waals surface area contributed by atoms with Crippen LogP contribution in [0.1, 0.15) is 23.3 Å². The van der Waals surface area contributed by atoms with Gasteiger partial charge in [0, 0.05) is 24.5 Å². The van der Waals surface area contributed by atoms with Crippen LogP contribution in [0.2, 0.25) is 0 Å². The van der Waals surface area contributed by atoms with Gasteiger partial charge in [-0.3, -0.25) is 0 Å². The van der Waals surface area contributed by atoms with Crippen molar-refractivity contribution in [2.75, 3.05) is 26.2 Å². The number of hydrogen-bond acceptors (Lipinski definition) is 3. The summed E-state index contributed by atoms with van der Waals surface area (Å²) < 4.78 is 37.6. The van der Waals surface area contributed by atoms with Crippen molar-refractivity contribution in [2.24, 2.45) is 5.92 Å². The van der Waals surface area contributed by atoms with Crippen molar-refractivity contribution >= 4 is 11.3 Å². The minimum atomic E-state index is -4.01. The lowest BCUT2D eigenvalue weighted by molar-refractivity contribution is -0.184. The lowest BCUT2D eigenvalue weighted by Gasteiger charge is -2.32. The molecule has 1 saturated heterocycles. The molecular formula is C14H21F3N2S. The summed E-state index contributed by atoms with van der Waals surface area (Å²) in [5.41, 5.74) is 1.30. The maximum absolute atomic E-state index is 12.5. The molecule has 0 bridgehead atoms. The Morgan fingerprint density at radius 1 is 1.35 bits per heavy atom. The van der Waals surface area contributed by atoms with Crippen LogP contribution in [-0.2, 0) is 6.54 Å². The molecule has 1 aliphatic heterocycles. The second-order valence-corrected chi connectivity index (χ2v) is 6.36. The van der Waals surface area contributed by atoms with Gasteiger partial charge in [-0.2, -0.15) is 13.2 Å². The molecule has 1 aliphatic rings. The van der Waals surface area contributed by atoms with Crippen LogP contribution < -0.4 is 5.32 Å². The van der Waals surface area contributed by atoms with Gasteiger partial charge in [-0.05, 0) is 49.9 Å². The molecule has 0 aliphatic carbocycles. The van der Waals surface area contributed by atoms with Crippen LogP contribution in [-0.4, -0.2) is 37.3 Å². The van der Waals surface area contributed by atoms with Crippen LogP contribution in [0.4, 0.5) is 13.2 Å². The second kappa shape index (κ2) is 6.91. The monoisotopic (exact) mass is 306 g/mol. The van der Waals surface area contributed by atoms with E-state index in [-0.39, 0.29) is 12.8 Å². The number of thiophene rings is 1.